The van der Waals surface area contributed by atoms with E-state index in [9.17, 15) is 0 Å². The number of nitrogens with two attached hydrogens (primary N) is 4. The molecule has 0 aromatic heterocycles. The molecule has 0 saturated heterocycles. The molecule has 0 fully saturated rings. The van der Waals surface area contributed by atoms with Gasteiger partial charge in [0.2, 0.25) is 0 Å². The van der Waals surface area contributed by atoms with Gasteiger partial charge in [-0.2, -0.15) is 0 Å². The Balaban J connectivity index is 2.63. The summed E-state index contributed by atoms with van der Waals surface area (Å²) in [6, 6.07) is 8.31. The average Bonchev–Trinajstić information content (AvgIpc) is 2.82. The maximum Gasteiger partial charge on any atom is 0.0155 e. The Kier molecular flexibility index (Phi) is 4.50. The molecule has 8 N–H and O–H groups in total. The first kappa shape index (κ1) is 14.0. The number of rotatable bonds is 4. The van der Waals surface area contributed by atoms with E-state index in [0.717, 1.165) is 17.6 Å². The van der Waals surface area contributed by atoms with Crippen LogP contribution in [0.3, 0.4) is 0 Å². The Hall–Kier alpha value is -1.46. The van der Waals surface area contributed by atoms with Crippen molar-refractivity contribution in [2.24, 2.45) is 22.9 Å². The lowest BCUT2D eigenvalue weighted by atomic mass is 10.0. The van der Waals surface area contributed by atoms with Crippen molar-refractivity contribution in [3.8, 4) is 0 Å². The molecule has 0 aliphatic heterocycles. The highest BCUT2D eigenvalue weighted by Crippen LogP contribution is 2.42. The lowest BCUT2D eigenvalue weighted by Gasteiger charge is -2.08. The van der Waals surface area contributed by atoms with Gasteiger partial charge in [0.25, 0.3) is 0 Å². The van der Waals surface area contributed by atoms with Crippen LogP contribution in [0.4, 0.5) is 0 Å². The van der Waals surface area contributed by atoms with Crippen molar-refractivity contribution in [2.45, 2.75) is 6.42 Å². The summed E-state index contributed by atoms with van der Waals surface area (Å²) < 4.78 is 0. The van der Waals surface area contributed by atoms with Gasteiger partial charge in [-0.1, -0.05) is 24.3 Å². The minimum absolute atomic E-state index is 0.494. The van der Waals surface area contributed by atoms with Crippen LogP contribution in [-0.2, 0) is 0 Å². The lowest BCUT2D eigenvalue weighted by Crippen LogP contribution is -2.15. The highest BCUT2D eigenvalue weighted by atomic mass is 14.6. The molecule has 19 heavy (non-hydrogen) atoms. The number of hydrogen-bond acceptors (Lipinski definition) is 4. The Labute approximate surface area is 114 Å². The molecule has 0 saturated carbocycles. The summed E-state index contributed by atoms with van der Waals surface area (Å²) in [5.74, 6) is 0. The highest BCUT2D eigenvalue weighted by molar-refractivity contribution is 5.94. The summed E-state index contributed by atoms with van der Waals surface area (Å²) in [6.45, 7) is 1.98. The minimum atomic E-state index is 0.494. The number of hydrogen-bond donors (Lipinski definition) is 4. The monoisotopic (exact) mass is 258 g/mol. The molecule has 0 heterocycles. The van der Waals surface area contributed by atoms with E-state index in [0.29, 0.717) is 26.2 Å². The Morgan fingerprint density at radius 3 is 1.42 bits per heavy atom. The normalized spacial score (nSPS) is 13.7. The fourth-order valence-electron chi connectivity index (χ4n) is 2.67. The molecule has 0 spiro atoms. The van der Waals surface area contributed by atoms with Crippen molar-refractivity contribution in [3.63, 3.8) is 0 Å². The summed E-state index contributed by atoms with van der Waals surface area (Å²) in [5.41, 5.74) is 30.4. The smallest absolute Gasteiger partial charge is 0.0155 e. The van der Waals surface area contributed by atoms with Gasteiger partial charge in [-0.3, -0.25) is 0 Å². The predicted molar refractivity (Wildman–Crippen MR) is 81.1 cm³/mol. The van der Waals surface area contributed by atoms with E-state index in [-0.39, 0.29) is 0 Å². The first-order valence-electron chi connectivity index (χ1n) is 6.58. The van der Waals surface area contributed by atoms with Gasteiger partial charge in [0.15, 0.2) is 0 Å². The van der Waals surface area contributed by atoms with Gasteiger partial charge in [0, 0.05) is 26.2 Å². The minimum Gasteiger partial charge on any atom is -0.327 e. The van der Waals surface area contributed by atoms with Crippen molar-refractivity contribution in [2.75, 3.05) is 26.2 Å². The van der Waals surface area contributed by atoms with Crippen LogP contribution in [0.15, 0.2) is 35.4 Å². The molecule has 2 rings (SSSR count). The molecule has 0 amide bonds. The first-order valence-corrected chi connectivity index (χ1v) is 6.58. The molecule has 0 radical (unpaired) electrons. The summed E-state index contributed by atoms with van der Waals surface area (Å²) in [5, 5.41) is 0. The summed E-state index contributed by atoms with van der Waals surface area (Å²) in [6.07, 6.45) is 0.840. The van der Waals surface area contributed by atoms with Crippen molar-refractivity contribution in [1.29, 1.82) is 0 Å². The molecule has 0 bridgehead atoms. The molecule has 1 aliphatic rings. The molecule has 4 heteroatoms. The highest BCUT2D eigenvalue weighted by Gasteiger charge is 2.24. The summed E-state index contributed by atoms with van der Waals surface area (Å²) >= 11 is 0. The van der Waals surface area contributed by atoms with E-state index in [1.54, 1.807) is 0 Å². The van der Waals surface area contributed by atoms with Crippen LogP contribution in [0.1, 0.15) is 17.5 Å². The van der Waals surface area contributed by atoms with Gasteiger partial charge in [0.1, 0.15) is 0 Å². The molecule has 102 valence electrons. The molecule has 0 unspecified atom stereocenters. The van der Waals surface area contributed by atoms with Gasteiger partial charge >= 0.3 is 0 Å². The van der Waals surface area contributed by atoms with Crippen LogP contribution < -0.4 is 22.9 Å². The SMILES string of the molecule is NCC(CN)=C1CC(=C(CN)CN)c2ccccc21. The largest absolute Gasteiger partial charge is 0.327 e. The zero-order valence-electron chi connectivity index (χ0n) is 11.2. The van der Waals surface area contributed by atoms with Crippen molar-refractivity contribution in [3.05, 3.63) is 46.5 Å². The van der Waals surface area contributed by atoms with Crippen LogP contribution in [0.5, 0.6) is 0 Å². The van der Waals surface area contributed by atoms with E-state index in [1.165, 1.54) is 22.3 Å². The van der Waals surface area contributed by atoms with Crippen LogP contribution in [0.2, 0.25) is 0 Å². The van der Waals surface area contributed by atoms with Crippen molar-refractivity contribution in [1.82, 2.24) is 0 Å². The molecule has 1 aromatic carbocycles. The topological polar surface area (TPSA) is 104 Å². The standard InChI is InChI=1S/C15H22N4/c16-6-10(7-17)14-5-15(11(8-18)9-19)13-4-2-1-3-12(13)14/h1-4H,5-9,16-19H2. The van der Waals surface area contributed by atoms with E-state index < -0.39 is 0 Å². The maximum atomic E-state index is 5.80. The molecular formula is C15H22N4. The Morgan fingerprint density at radius 1 is 0.737 bits per heavy atom. The van der Waals surface area contributed by atoms with Gasteiger partial charge in [-0.15, -0.1) is 0 Å². The van der Waals surface area contributed by atoms with Crippen LogP contribution in [0.25, 0.3) is 11.1 Å². The zero-order valence-corrected chi connectivity index (χ0v) is 11.2. The molecule has 1 aromatic rings. The third-order valence-corrected chi connectivity index (χ3v) is 3.77. The van der Waals surface area contributed by atoms with Crippen molar-refractivity contribution >= 4 is 11.1 Å². The van der Waals surface area contributed by atoms with Crippen molar-refractivity contribution < 1.29 is 0 Å². The molecule has 0 atom stereocenters. The zero-order chi connectivity index (χ0) is 13.8. The molecule has 4 nitrogen and oxygen atoms in total. The second-order valence-corrected chi connectivity index (χ2v) is 4.70. The number of fused-ring (bicyclic) bond motifs is 1. The second kappa shape index (κ2) is 6.12. The quantitative estimate of drug-likeness (QED) is 0.628. The maximum absolute atomic E-state index is 5.80. The van der Waals surface area contributed by atoms with E-state index >= 15 is 0 Å². The number of benzene rings is 1. The second-order valence-electron chi connectivity index (χ2n) is 4.70. The fraction of sp³-hybridized carbons (Fsp3) is 0.333. The predicted octanol–water partition coefficient (Wildman–Crippen LogP) is 0.432. The summed E-state index contributed by atoms with van der Waals surface area (Å²) in [4.78, 5) is 0. The van der Waals surface area contributed by atoms with E-state index in [2.05, 4.69) is 12.1 Å². The van der Waals surface area contributed by atoms with Gasteiger partial charge in [-0.25, -0.2) is 0 Å². The van der Waals surface area contributed by atoms with E-state index in [4.69, 9.17) is 22.9 Å². The van der Waals surface area contributed by atoms with Crippen LogP contribution in [-0.4, -0.2) is 26.2 Å². The molecule has 1 aliphatic carbocycles. The average molecular weight is 258 g/mol. The first-order chi connectivity index (χ1) is 9.26. The Morgan fingerprint density at radius 2 is 1.11 bits per heavy atom. The fourth-order valence-corrected chi connectivity index (χ4v) is 2.67. The van der Waals surface area contributed by atoms with Crippen LogP contribution >= 0.6 is 0 Å². The lowest BCUT2D eigenvalue weighted by molar-refractivity contribution is 1.03. The van der Waals surface area contributed by atoms with E-state index in [1.807, 2.05) is 12.1 Å². The van der Waals surface area contributed by atoms with Gasteiger partial charge in [-0.05, 0) is 39.8 Å². The third kappa shape index (κ3) is 2.48. The third-order valence-electron chi connectivity index (χ3n) is 3.77. The number of allylic oxidation sites excluding steroid dienone is 2. The van der Waals surface area contributed by atoms with Gasteiger partial charge in [0.05, 0.1) is 0 Å². The Bertz CT molecular complexity index is 470. The molecular weight excluding hydrogens is 236 g/mol. The van der Waals surface area contributed by atoms with Gasteiger partial charge < -0.3 is 22.9 Å². The van der Waals surface area contributed by atoms with Crippen LogP contribution in [0, 0.1) is 0 Å². The summed E-state index contributed by atoms with van der Waals surface area (Å²) in [7, 11) is 0.